The number of aromatic nitrogens is 1. The smallest absolute Gasteiger partial charge is 0.249 e. The topological polar surface area (TPSA) is 163 Å². The zero-order chi connectivity index (χ0) is 29.8. The minimum Gasteiger partial charge on any atom is -0.506 e. The standard InChI is InChI=1S/C28H29ClN4O7S/c1-28(18-5-8-20(39-2)9-6-18,27(36)32-19-7-10-21(22(29)15-19)26-30-12-13-40-26)31-16-25(35)17-4-11-24(34)23(14-17)33-41(3,37)38/h4-15,25,31,33-35H,16H2,1-3H3,(H,32,36)/t25-,28-/m0/s1. The lowest BCUT2D eigenvalue weighted by molar-refractivity contribution is -0.122. The minimum absolute atomic E-state index is 0.0789. The van der Waals surface area contributed by atoms with Gasteiger partial charge in [-0.2, -0.15) is 0 Å². The molecule has 3 aromatic carbocycles. The number of nitrogens with one attached hydrogen (secondary N) is 3. The summed E-state index contributed by atoms with van der Waals surface area (Å²) in [7, 11) is -2.13. The zero-order valence-corrected chi connectivity index (χ0v) is 24.0. The van der Waals surface area contributed by atoms with E-state index in [0.29, 0.717) is 39.0 Å². The number of nitrogens with zero attached hydrogens (tertiary/aromatic N) is 1. The number of carbonyl (C=O) groups is 1. The van der Waals surface area contributed by atoms with Gasteiger partial charge in [0.05, 0.1) is 41.9 Å². The van der Waals surface area contributed by atoms with Gasteiger partial charge in [0.1, 0.15) is 23.3 Å². The van der Waals surface area contributed by atoms with Crippen LogP contribution in [0.1, 0.15) is 24.2 Å². The summed E-state index contributed by atoms with van der Waals surface area (Å²) >= 11 is 6.43. The van der Waals surface area contributed by atoms with Crippen LogP contribution >= 0.6 is 11.6 Å². The lowest BCUT2D eigenvalue weighted by Gasteiger charge is -2.31. The SMILES string of the molecule is COc1ccc([C@](C)(NC[C@H](O)c2ccc(O)c(NS(C)(=O)=O)c2)C(=O)Nc2ccc(-c3ncco3)c(Cl)c2)cc1. The van der Waals surface area contributed by atoms with Gasteiger partial charge in [-0.25, -0.2) is 13.4 Å². The molecule has 4 rings (SSSR count). The molecule has 0 fully saturated rings. The number of oxazole rings is 1. The molecule has 4 aromatic rings. The van der Waals surface area contributed by atoms with Crippen LogP contribution in [0.15, 0.2) is 77.5 Å². The van der Waals surface area contributed by atoms with Crippen molar-refractivity contribution in [3.05, 3.63) is 89.3 Å². The van der Waals surface area contributed by atoms with Crippen molar-refractivity contribution in [2.24, 2.45) is 0 Å². The highest BCUT2D eigenvalue weighted by atomic mass is 35.5. The van der Waals surface area contributed by atoms with Crippen molar-refractivity contribution in [1.82, 2.24) is 10.3 Å². The first-order valence-corrected chi connectivity index (χ1v) is 14.6. The molecular formula is C28H29ClN4O7S. The number of rotatable bonds is 11. The Balaban J connectivity index is 1.59. The highest BCUT2D eigenvalue weighted by molar-refractivity contribution is 7.92. The first kappa shape index (κ1) is 29.9. The summed E-state index contributed by atoms with van der Waals surface area (Å²) in [6.45, 7) is 1.55. The van der Waals surface area contributed by atoms with Crippen LogP contribution in [0.2, 0.25) is 5.02 Å². The Kier molecular flexibility index (Phi) is 8.88. The van der Waals surface area contributed by atoms with E-state index in [2.05, 4.69) is 20.3 Å². The number of methoxy groups -OCH3 is 1. The molecule has 0 spiro atoms. The van der Waals surface area contributed by atoms with E-state index in [-0.39, 0.29) is 18.0 Å². The number of aliphatic hydroxyl groups is 1. The Morgan fingerprint density at radius 2 is 1.88 bits per heavy atom. The Hall–Kier alpha value is -4.10. The third-order valence-electron chi connectivity index (χ3n) is 6.36. The summed E-state index contributed by atoms with van der Waals surface area (Å²) in [5, 5.41) is 27.3. The van der Waals surface area contributed by atoms with E-state index < -0.39 is 27.6 Å². The van der Waals surface area contributed by atoms with Gasteiger partial charge in [-0.1, -0.05) is 29.8 Å². The van der Waals surface area contributed by atoms with Crippen LogP contribution < -0.4 is 20.1 Å². The lowest BCUT2D eigenvalue weighted by Crippen LogP contribution is -2.50. The van der Waals surface area contributed by atoms with Crippen molar-refractivity contribution >= 4 is 38.9 Å². The number of benzene rings is 3. The van der Waals surface area contributed by atoms with E-state index in [1.807, 2.05) is 0 Å². The quantitative estimate of drug-likeness (QED) is 0.158. The van der Waals surface area contributed by atoms with E-state index in [0.717, 1.165) is 6.26 Å². The third-order valence-corrected chi connectivity index (χ3v) is 7.26. The van der Waals surface area contributed by atoms with Crippen LogP contribution in [0.3, 0.4) is 0 Å². The number of hydrogen-bond donors (Lipinski definition) is 5. The van der Waals surface area contributed by atoms with E-state index in [9.17, 15) is 23.4 Å². The number of carbonyl (C=O) groups excluding carboxylic acids is 1. The maximum absolute atomic E-state index is 13.7. The fourth-order valence-electron chi connectivity index (χ4n) is 4.08. The van der Waals surface area contributed by atoms with Crippen molar-refractivity contribution in [3.63, 3.8) is 0 Å². The Morgan fingerprint density at radius 1 is 1.15 bits per heavy atom. The Labute approximate surface area is 242 Å². The van der Waals surface area contributed by atoms with Crippen LogP contribution in [0.25, 0.3) is 11.5 Å². The Morgan fingerprint density at radius 3 is 2.49 bits per heavy atom. The summed E-state index contributed by atoms with van der Waals surface area (Å²) in [6.07, 6.45) is 2.71. The third kappa shape index (κ3) is 7.16. The number of sulfonamides is 1. The van der Waals surface area contributed by atoms with Crippen molar-refractivity contribution < 1.29 is 32.6 Å². The van der Waals surface area contributed by atoms with Crippen LogP contribution in [-0.2, 0) is 20.4 Å². The number of aliphatic hydroxyl groups excluding tert-OH is 1. The average Bonchev–Trinajstić information content (AvgIpc) is 3.47. The second-order valence-corrected chi connectivity index (χ2v) is 11.5. The number of ether oxygens (including phenoxy) is 1. The van der Waals surface area contributed by atoms with Crippen LogP contribution in [0.4, 0.5) is 11.4 Å². The molecule has 0 radical (unpaired) electrons. The van der Waals surface area contributed by atoms with Crippen molar-refractivity contribution in [2.75, 3.05) is 29.9 Å². The largest absolute Gasteiger partial charge is 0.506 e. The predicted molar refractivity (Wildman–Crippen MR) is 155 cm³/mol. The number of phenolic OH excluding ortho intramolecular Hbond substituents is 1. The van der Waals surface area contributed by atoms with Gasteiger partial charge in [-0.05, 0) is 60.5 Å². The fourth-order valence-corrected chi connectivity index (χ4v) is 4.90. The highest BCUT2D eigenvalue weighted by Gasteiger charge is 2.36. The summed E-state index contributed by atoms with van der Waals surface area (Å²) in [4.78, 5) is 17.8. The first-order valence-electron chi connectivity index (χ1n) is 12.3. The molecule has 0 saturated heterocycles. The van der Waals surface area contributed by atoms with Gasteiger partial charge < -0.3 is 24.7 Å². The molecule has 13 heteroatoms. The highest BCUT2D eigenvalue weighted by Crippen LogP contribution is 2.32. The van der Waals surface area contributed by atoms with Gasteiger partial charge in [0.25, 0.3) is 0 Å². The zero-order valence-electron chi connectivity index (χ0n) is 22.4. The van der Waals surface area contributed by atoms with E-state index >= 15 is 0 Å². The second kappa shape index (κ2) is 12.2. The maximum Gasteiger partial charge on any atom is 0.249 e. The van der Waals surface area contributed by atoms with Gasteiger partial charge in [0.2, 0.25) is 21.8 Å². The number of hydrogen-bond acceptors (Lipinski definition) is 9. The summed E-state index contributed by atoms with van der Waals surface area (Å²) < 4.78 is 36.1. The van der Waals surface area contributed by atoms with E-state index in [1.165, 1.54) is 37.8 Å². The molecule has 1 aromatic heterocycles. The van der Waals surface area contributed by atoms with E-state index in [4.69, 9.17) is 20.8 Å². The molecule has 5 N–H and O–H groups in total. The maximum atomic E-state index is 13.7. The lowest BCUT2D eigenvalue weighted by atomic mass is 9.90. The first-order chi connectivity index (χ1) is 19.4. The number of aromatic hydroxyl groups is 1. The average molecular weight is 601 g/mol. The van der Waals surface area contributed by atoms with Gasteiger partial charge in [0, 0.05) is 12.2 Å². The molecular weight excluding hydrogens is 572 g/mol. The van der Waals surface area contributed by atoms with Gasteiger partial charge in [-0.15, -0.1) is 0 Å². The summed E-state index contributed by atoms with van der Waals surface area (Å²) in [5.74, 6) is 0.199. The van der Waals surface area contributed by atoms with Gasteiger partial charge in [-0.3, -0.25) is 14.8 Å². The molecule has 2 atom stereocenters. The molecule has 1 heterocycles. The fraction of sp³-hybridized carbons (Fsp3) is 0.214. The molecule has 0 bridgehead atoms. The van der Waals surface area contributed by atoms with Crippen molar-refractivity contribution in [3.8, 4) is 23.0 Å². The molecule has 1 amide bonds. The molecule has 11 nitrogen and oxygen atoms in total. The van der Waals surface area contributed by atoms with Crippen LogP contribution in [0.5, 0.6) is 11.5 Å². The van der Waals surface area contributed by atoms with Crippen LogP contribution in [-0.4, -0.2) is 49.4 Å². The van der Waals surface area contributed by atoms with Crippen molar-refractivity contribution in [2.45, 2.75) is 18.6 Å². The van der Waals surface area contributed by atoms with Gasteiger partial charge >= 0.3 is 0 Å². The molecule has 41 heavy (non-hydrogen) atoms. The van der Waals surface area contributed by atoms with Gasteiger partial charge in [0.15, 0.2) is 0 Å². The molecule has 0 unspecified atom stereocenters. The van der Waals surface area contributed by atoms with Crippen molar-refractivity contribution in [1.29, 1.82) is 0 Å². The summed E-state index contributed by atoms with van der Waals surface area (Å²) in [5.41, 5.74) is 0.444. The van der Waals surface area contributed by atoms with Crippen LogP contribution in [0, 0.1) is 0 Å². The second-order valence-electron chi connectivity index (χ2n) is 9.39. The minimum atomic E-state index is -3.67. The monoisotopic (exact) mass is 600 g/mol. The molecule has 216 valence electrons. The predicted octanol–water partition coefficient (Wildman–Crippen LogP) is 4.26. The molecule has 0 aliphatic heterocycles. The van der Waals surface area contributed by atoms with E-state index in [1.54, 1.807) is 49.4 Å². The number of phenols is 1. The number of anilines is 2. The number of amides is 1. The molecule has 0 aliphatic rings. The molecule has 0 saturated carbocycles. The number of halogens is 1. The molecule has 0 aliphatic carbocycles. The normalized spacial score (nSPS) is 13.7. The summed E-state index contributed by atoms with van der Waals surface area (Å²) in [6, 6.07) is 15.9. The Bertz CT molecular complexity index is 1630.